The Hall–Kier alpha value is -7.43. The summed E-state index contributed by atoms with van der Waals surface area (Å²) in [6.07, 6.45) is 0. The molecule has 0 N–H and O–H groups in total. The molecule has 0 bridgehead atoms. The Kier molecular flexibility index (Phi) is 8.12. The Morgan fingerprint density at radius 3 is 1.49 bits per heavy atom. The van der Waals surface area contributed by atoms with E-state index in [0.717, 1.165) is 83.6 Å². The normalized spacial score (nSPS) is 11.3. The van der Waals surface area contributed by atoms with Crippen molar-refractivity contribution >= 4 is 16.3 Å². The summed E-state index contributed by atoms with van der Waals surface area (Å²) in [6.45, 7) is 0. The number of fused-ring (bicyclic) bond motifs is 3. The molecular weight excluding hydrogens is 669 g/mol. The van der Waals surface area contributed by atoms with Gasteiger partial charge in [-0.15, -0.1) is 0 Å². The largest absolute Gasteiger partial charge is 0.231 e. The summed E-state index contributed by atoms with van der Waals surface area (Å²) in [6, 6.07) is 72.0. The van der Waals surface area contributed by atoms with E-state index in [4.69, 9.17) is 15.1 Å². The molecule has 10 aromatic rings. The van der Waals surface area contributed by atoms with Crippen LogP contribution in [-0.4, -0.2) is 19.6 Å². The fourth-order valence-corrected chi connectivity index (χ4v) is 7.54. The Morgan fingerprint density at radius 1 is 0.345 bits per heavy atom. The zero-order valence-corrected chi connectivity index (χ0v) is 29.9. The molecule has 0 atom stereocenters. The van der Waals surface area contributed by atoms with Gasteiger partial charge in [-0.1, -0.05) is 182 Å². The molecule has 0 saturated heterocycles. The molecule has 0 unspecified atom stereocenters. The molecule has 4 nitrogen and oxygen atoms in total. The Labute approximate surface area is 319 Å². The first-order valence-corrected chi connectivity index (χ1v) is 18.5. The first kappa shape index (κ1) is 32.2. The van der Waals surface area contributed by atoms with Gasteiger partial charge in [-0.2, -0.15) is 5.10 Å². The Balaban J connectivity index is 1.24. The second kappa shape index (κ2) is 13.8. The first-order valence-electron chi connectivity index (χ1n) is 18.5. The van der Waals surface area contributed by atoms with E-state index in [0.29, 0.717) is 5.82 Å². The number of pyridine rings is 1. The Bertz CT molecular complexity index is 2940. The molecule has 7 aromatic carbocycles. The fourth-order valence-electron chi connectivity index (χ4n) is 7.54. The van der Waals surface area contributed by atoms with Gasteiger partial charge in [0, 0.05) is 38.8 Å². The lowest BCUT2D eigenvalue weighted by atomic mass is 9.95. The lowest BCUT2D eigenvalue weighted by molar-refractivity contribution is 0.979. The monoisotopic (exact) mass is 702 g/mol. The number of benzene rings is 7. The highest BCUT2D eigenvalue weighted by Gasteiger charge is 2.22. The number of hydrogen-bond acceptors (Lipinski definition) is 3. The van der Waals surface area contributed by atoms with E-state index < -0.39 is 0 Å². The molecule has 0 spiro atoms. The van der Waals surface area contributed by atoms with Gasteiger partial charge in [-0.3, -0.25) is 0 Å². The molecule has 0 aliphatic rings. The molecule has 0 aliphatic heterocycles. The van der Waals surface area contributed by atoms with Gasteiger partial charge >= 0.3 is 0 Å². The summed E-state index contributed by atoms with van der Waals surface area (Å²) in [5, 5.41) is 7.64. The number of nitrogens with zero attached hydrogens (tertiary/aromatic N) is 4. The predicted octanol–water partition coefficient (Wildman–Crippen LogP) is 12.9. The molecular formula is C51H34N4. The fraction of sp³-hybridized carbons (Fsp3) is 0. The molecule has 10 rings (SSSR count). The molecule has 258 valence electrons. The standard InChI is InChI=1S/C51H34N4/c1-6-17-35(18-7-1)40-27-16-28-42(31-40)45-34-46(53-51(52-45)39-25-14-5-15-26-39)43-30-29-41-33-47(36-19-8-2-9-20-36)55-50(44(41)32-43)48(37-21-10-3-11-22-37)49(54-55)38-23-12-4-13-24-38/h1-34H. The average molecular weight is 703 g/mol. The topological polar surface area (TPSA) is 43.1 Å². The van der Waals surface area contributed by atoms with Crippen LogP contribution in [0.15, 0.2) is 206 Å². The minimum atomic E-state index is 0.684. The summed E-state index contributed by atoms with van der Waals surface area (Å²) in [4.78, 5) is 10.4. The van der Waals surface area contributed by atoms with Crippen molar-refractivity contribution in [3.05, 3.63) is 206 Å². The number of aromatic nitrogens is 4. The predicted molar refractivity (Wildman–Crippen MR) is 226 cm³/mol. The van der Waals surface area contributed by atoms with E-state index in [-0.39, 0.29) is 0 Å². The highest BCUT2D eigenvalue weighted by Crippen LogP contribution is 2.42. The average Bonchev–Trinajstić information content (AvgIpc) is 3.69. The van der Waals surface area contributed by atoms with Crippen molar-refractivity contribution in [2.75, 3.05) is 0 Å². The van der Waals surface area contributed by atoms with Crippen LogP contribution >= 0.6 is 0 Å². The van der Waals surface area contributed by atoms with Gasteiger partial charge in [0.15, 0.2) is 5.82 Å². The van der Waals surface area contributed by atoms with E-state index in [9.17, 15) is 0 Å². The van der Waals surface area contributed by atoms with Gasteiger partial charge in [0.05, 0.1) is 22.6 Å². The SMILES string of the molecule is c1ccc(-c2cccc(-c3cc(-c4ccc5cc(-c6ccccc6)n6nc(-c7ccccc7)c(-c7ccccc7)c6c5c4)nc(-c4ccccc4)n3)c2)cc1. The van der Waals surface area contributed by atoms with Crippen LogP contribution in [0.2, 0.25) is 0 Å². The second-order valence-corrected chi connectivity index (χ2v) is 13.7. The van der Waals surface area contributed by atoms with Crippen LogP contribution in [0.5, 0.6) is 0 Å². The van der Waals surface area contributed by atoms with Gasteiger partial charge in [0.1, 0.15) is 5.69 Å². The minimum Gasteiger partial charge on any atom is -0.231 e. The smallest absolute Gasteiger partial charge is 0.160 e. The zero-order valence-electron chi connectivity index (χ0n) is 29.9. The molecule has 4 heteroatoms. The summed E-state index contributed by atoms with van der Waals surface area (Å²) in [5.74, 6) is 0.684. The Morgan fingerprint density at radius 2 is 0.855 bits per heavy atom. The van der Waals surface area contributed by atoms with Gasteiger partial charge in [-0.05, 0) is 46.3 Å². The van der Waals surface area contributed by atoms with Crippen molar-refractivity contribution in [1.29, 1.82) is 0 Å². The molecule has 0 saturated carbocycles. The zero-order chi connectivity index (χ0) is 36.6. The third-order valence-corrected chi connectivity index (χ3v) is 10.2. The van der Waals surface area contributed by atoms with Crippen LogP contribution < -0.4 is 0 Å². The summed E-state index contributed by atoms with van der Waals surface area (Å²) in [7, 11) is 0. The molecule has 0 radical (unpaired) electrons. The van der Waals surface area contributed by atoms with Gasteiger partial charge in [0.25, 0.3) is 0 Å². The van der Waals surface area contributed by atoms with Crippen LogP contribution in [-0.2, 0) is 0 Å². The van der Waals surface area contributed by atoms with Crippen LogP contribution in [0.25, 0.3) is 95.0 Å². The van der Waals surface area contributed by atoms with Gasteiger partial charge in [0.2, 0.25) is 0 Å². The van der Waals surface area contributed by atoms with Crippen molar-refractivity contribution in [3.8, 4) is 78.7 Å². The maximum absolute atomic E-state index is 5.42. The second-order valence-electron chi connectivity index (χ2n) is 13.7. The quantitative estimate of drug-likeness (QED) is 0.166. The lowest BCUT2D eigenvalue weighted by Crippen LogP contribution is -1.98. The van der Waals surface area contributed by atoms with E-state index >= 15 is 0 Å². The summed E-state index contributed by atoms with van der Waals surface area (Å²) >= 11 is 0. The first-order chi connectivity index (χ1) is 27.3. The molecule has 0 aliphatic carbocycles. The van der Waals surface area contributed by atoms with Gasteiger partial charge in [-0.25, -0.2) is 14.5 Å². The van der Waals surface area contributed by atoms with Crippen molar-refractivity contribution in [1.82, 2.24) is 19.6 Å². The maximum atomic E-state index is 5.42. The van der Waals surface area contributed by atoms with Crippen LogP contribution in [0, 0.1) is 0 Å². The summed E-state index contributed by atoms with van der Waals surface area (Å²) in [5.41, 5.74) is 14.4. The van der Waals surface area contributed by atoms with E-state index in [2.05, 4.69) is 187 Å². The van der Waals surface area contributed by atoms with E-state index in [1.807, 2.05) is 24.3 Å². The summed E-state index contributed by atoms with van der Waals surface area (Å²) < 4.78 is 2.14. The highest BCUT2D eigenvalue weighted by atomic mass is 15.2. The van der Waals surface area contributed by atoms with E-state index in [1.165, 1.54) is 5.56 Å². The molecule has 3 aromatic heterocycles. The van der Waals surface area contributed by atoms with E-state index in [1.54, 1.807) is 0 Å². The molecule has 0 fully saturated rings. The van der Waals surface area contributed by atoms with Crippen LogP contribution in [0.1, 0.15) is 0 Å². The third kappa shape index (κ3) is 6.06. The molecule has 3 heterocycles. The van der Waals surface area contributed by atoms with Crippen molar-refractivity contribution < 1.29 is 0 Å². The van der Waals surface area contributed by atoms with Crippen LogP contribution in [0.4, 0.5) is 0 Å². The third-order valence-electron chi connectivity index (χ3n) is 10.2. The highest BCUT2D eigenvalue weighted by molar-refractivity contribution is 6.09. The minimum absolute atomic E-state index is 0.684. The maximum Gasteiger partial charge on any atom is 0.160 e. The number of hydrogen-bond donors (Lipinski definition) is 0. The number of rotatable bonds is 7. The van der Waals surface area contributed by atoms with Crippen molar-refractivity contribution in [2.24, 2.45) is 0 Å². The molecule has 0 amide bonds. The van der Waals surface area contributed by atoms with Crippen LogP contribution in [0.3, 0.4) is 0 Å². The lowest BCUT2D eigenvalue weighted by Gasteiger charge is -2.13. The van der Waals surface area contributed by atoms with Gasteiger partial charge < -0.3 is 0 Å². The van der Waals surface area contributed by atoms with Crippen molar-refractivity contribution in [2.45, 2.75) is 0 Å². The van der Waals surface area contributed by atoms with Crippen molar-refractivity contribution in [3.63, 3.8) is 0 Å². The molecule has 55 heavy (non-hydrogen) atoms.